The lowest BCUT2D eigenvalue weighted by Crippen LogP contribution is -2.54. The molecular formula is C21H32N4O6S. The summed E-state index contributed by atoms with van der Waals surface area (Å²) in [5, 5.41) is 0. The molecule has 2 fully saturated rings. The second-order valence-corrected chi connectivity index (χ2v) is 9.66. The molecule has 0 radical (unpaired) electrons. The number of rotatable bonds is 8. The van der Waals surface area contributed by atoms with Crippen LogP contribution < -0.4 is 20.1 Å². The van der Waals surface area contributed by atoms with Crippen LogP contribution in [0.1, 0.15) is 32.1 Å². The zero-order chi connectivity index (χ0) is 23.3. The average Bonchev–Trinajstić information content (AvgIpc) is 2.82. The monoisotopic (exact) mass is 468 g/mol. The lowest BCUT2D eigenvalue weighted by Gasteiger charge is -2.33. The molecule has 1 atom stereocenters. The first-order valence-electron chi connectivity index (χ1n) is 10.8. The minimum absolute atomic E-state index is 0.0689. The molecule has 178 valence electrons. The SMILES string of the molecule is COc1c(N2CCCCC2=O)cccc1S(=O)(=O)N[C@@H](CN)C(=O)N1CCC(OC)CC1. The van der Waals surface area contributed by atoms with E-state index in [4.69, 9.17) is 15.2 Å². The van der Waals surface area contributed by atoms with Gasteiger partial charge in [0.15, 0.2) is 5.75 Å². The van der Waals surface area contributed by atoms with Gasteiger partial charge in [0.05, 0.1) is 18.9 Å². The van der Waals surface area contributed by atoms with Gasteiger partial charge in [-0.05, 0) is 37.8 Å². The van der Waals surface area contributed by atoms with Crippen molar-refractivity contribution in [3.05, 3.63) is 18.2 Å². The highest BCUT2D eigenvalue weighted by Crippen LogP contribution is 2.36. The van der Waals surface area contributed by atoms with Gasteiger partial charge in [-0.3, -0.25) is 9.59 Å². The van der Waals surface area contributed by atoms with E-state index in [0.29, 0.717) is 44.6 Å². The number of benzene rings is 1. The van der Waals surface area contributed by atoms with E-state index in [2.05, 4.69) is 4.72 Å². The van der Waals surface area contributed by atoms with Crippen molar-refractivity contribution in [2.24, 2.45) is 5.73 Å². The van der Waals surface area contributed by atoms with Crippen molar-refractivity contribution in [3.8, 4) is 5.75 Å². The van der Waals surface area contributed by atoms with Gasteiger partial charge in [0.1, 0.15) is 10.9 Å². The van der Waals surface area contributed by atoms with Crippen LogP contribution in [0.15, 0.2) is 23.1 Å². The van der Waals surface area contributed by atoms with Crippen molar-refractivity contribution >= 4 is 27.5 Å². The summed E-state index contributed by atoms with van der Waals surface area (Å²) in [5.41, 5.74) is 6.17. The van der Waals surface area contributed by atoms with Gasteiger partial charge in [-0.15, -0.1) is 0 Å². The number of ether oxygens (including phenoxy) is 2. The molecule has 3 rings (SSSR count). The summed E-state index contributed by atoms with van der Waals surface area (Å²) in [6, 6.07) is 3.50. The molecule has 2 heterocycles. The van der Waals surface area contributed by atoms with Crippen LogP contribution in [0.3, 0.4) is 0 Å². The van der Waals surface area contributed by atoms with Crippen LogP contribution in [0.4, 0.5) is 5.69 Å². The largest absolute Gasteiger partial charge is 0.493 e. The van der Waals surface area contributed by atoms with Gasteiger partial charge in [0.25, 0.3) is 0 Å². The third-order valence-corrected chi connectivity index (χ3v) is 7.48. The first kappa shape index (κ1) is 24.4. The third-order valence-electron chi connectivity index (χ3n) is 5.98. The number of carbonyl (C=O) groups is 2. The van der Waals surface area contributed by atoms with Crippen LogP contribution >= 0.6 is 0 Å². The summed E-state index contributed by atoms with van der Waals surface area (Å²) in [6.07, 6.45) is 3.50. The molecule has 0 aromatic heterocycles. The van der Waals surface area contributed by atoms with Crippen molar-refractivity contribution in [1.29, 1.82) is 0 Å². The van der Waals surface area contributed by atoms with Crippen molar-refractivity contribution in [2.75, 3.05) is 45.3 Å². The molecular weight excluding hydrogens is 436 g/mol. The Labute approximate surface area is 189 Å². The zero-order valence-corrected chi connectivity index (χ0v) is 19.4. The molecule has 1 aromatic rings. The van der Waals surface area contributed by atoms with Gasteiger partial charge in [-0.2, -0.15) is 4.72 Å². The number of hydrogen-bond donors (Lipinski definition) is 2. The Hall–Kier alpha value is -2.21. The highest BCUT2D eigenvalue weighted by Gasteiger charge is 2.33. The number of amides is 2. The van der Waals surface area contributed by atoms with Crippen molar-refractivity contribution < 1.29 is 27.5 Å². The molecule has 10 nitrogen and oxygen atoms in total. The van der Waals surface area contributed by atoms with E-state index < -0.39 is 16.1 Å². The number of para-hydroxylation sites is 1. The van der Waals surface area contributed by atoms with Gasteiger partial charge in [0.2, 0.25) is 21.8 Å². The van der Waals surface area contributed by atoms with E-state index in [1.807, 2.05) is 0 Å². The number of hydrogen-bond acceptors (Lipinski definition) is 7. The highest BCUT2D eigenvalue weighted by molar-refractivity contribution is 7.89. The van der Waals surface area contributed by atoms with Gasteiger partial charge in [-0.25, -0.2) is 8.42 Å². The second kappa shape index (κ2) is 10.6. The quantitative estimate of drug-likeness (QED) is 0.566. The minimum atomic E-state index is -4.16. The van der Waals surface area contributed by atoms with Gasteiger partial charge in [0, 0.05) is 39.7 Å². The molecule has 0 saturated carbocycles. The number of likely N-dealkylation sites (tertiary alicyclic amines) is 1. The molecule has 0 unspecified atom stereocenters. The van der Waals surface area contributed by atoms with Crippen LogP contribution in [-0.2, 0) is 24.3 Å². The normalized spacial score (nSPS) is 19.2. The van der Waals surface area contributed by atoms with Crippen LogP contribution in [0, 0.1) is 0 Å². The summed E-state index contributed by atoms with van der Waals surface area (Å²) in [5.74, 6) is -0.377. The van der Waals surface area contributed by atoms with Crippen LogP contribution in [0.2, 0.25) is 0 Å². The van der Waals surface area contributed by atoms with Crippen molar-refractivity contribution in [1.82, 2.24) is 9.62 Å². The van der Waals surface area contributed by atoms with Gasteiger partial charge in [-0.1, -0.05) is 6.07 Å². The highest BCUT2D eigenvalue weighted by atomic mass is 32.2. The number of nitrogens with one attached hydrogen (secondary N) is 1. The first-order chi connectivity index (χ1) is 15.3. The Morgan fingerprint density at radius 1 is 1.22 bits per heavy atom. The number of piperidine rings is 2. The second-order valence-electron chi connectivity index (χ2n) is 7.98. The maximum Gasteiger partial charge on any atom is 0.245 e. The predicted molar refractivity (Wildman–Crippen MR) is 119 cm³/mol. The number of nitrogens with two attached hydrogens (primary N) is 1. The molecule has 0 aliphatic carbocycles. The molecule has 11 heteroatoms. The molecule has 2 aliphatic rings. The molecule has 2 aliphatic heterocycles. The van der Waals surface area contributed by atoms with Crippen molar-refractivity contribution in [3.63, 3.8) is 0 Å². The smallest absolute Gasteiger partial charge is 0.245 e. The fourth-order valence-corrected chi connectivity index (χ4v) is 5.56. The Bertz CT molecular complexity index is 930. The number of sulfonamides is 1. The third kappa shape index (κ3) is 5.22. The van der Waals surface area contributed by atoms with Crippen LogP contribution in [0.25, 0.3) is 0 Å². The van der Waals surface area contributed by atoms with Gasteiger partial charge >= 0.3 is 0 Å². The first-order valence-corrected chi connectivity index (χ1v) is 12.3. The molecule has 0 spiro atoms. The topological polar surface area (TPSA) is 131 Å². The van der Waals surface area contributed by atoms with E-state index in [1.165, 1.54) is 13.2 Å². The number of anilines is 1. The van der Waals surface area contributed by atoms with Gasteiger partial charge < -0.3 is 25.0 Å². The minimum Gasteiger partial charge on any atom is -0.493 e. The van der Waals surface area contributed by atoms with Crippen LogP contribution in [0.5, 0.6) is 5.75 Å². The summed E-state index contributed by atoms with van der Waals surface area (Å²) in [7, 11) is -1.16. The Morgan fingerprint density at radius 2 is 1.94 bits per heavy atom. The Kier molecular flexibility index (Phi) is 8.10. The molecule has 0 bridgehead atoms. The zero-order valence-electron chi connectivity index (χ0n) is 18.6. The lowest BCUT2D eigenvalue weighted by atomic mass is 10.1. The summed E-state index contributed by atoms with van der Waals surface area (Å²) >= 11 is 0. The molecule has 32 heavy (non-hydrogen) atoms. The fraction of sp³-hybridized carbons (Fsp3) is 0.619. The van der Waals surface area contributed by atoms with Crippen molar-refractivity contribution in [2.45, 2.75) is 49.1 Å². The molecule has 2 saturated heterocycles. The molecule has 1 aromatic carbocycles. The number of carbonyl (C=O) groups excluding carboxylic acids is 2. The van der Waals surface area contributed by atoms with E-state index in [1.54, 1.807) is 29.0 Å². The summed E-state index contributed by atoms with van der Waals surface area (Å²) in [6.45, 7) is 1.26. The van der Waals surface area contributed by atoms with Crippen LogP contribution in [-0.4, -0.2) is 77.7 Å². The maximum absolute atomic E-state index is 13.2. The predicted octanol–water partition coefficient (Wildman–Crippen LogP) is 0.455. The van der Waals surface area contributed by atoms with E-state index in [-0.39, 0.29) is 35.1 Å². The average molecular weight is 469 g/mol. The lowest BCUT2D eigenvalue weighted by molar-refractivity contribution is -0.135. The Balaban J connectivity index is 1.83. The number of nitrogens with zero attached hydrogens (tertiary/aromatic N) is 2. The number of methoxy groups -OCH3 is 2. The standard InChI is InChI=1S/C21H32N4O6S/c1-30-15-9-12-24(13-10-15)21(27)16(14-22)23-32(28,29)18-7-5-6-17(20(18)31-2)25-11-4-3-8-19(25)26/h5-7,15-16,23H,3-4,8-14,22H2,1-2H3/t16-/m0/s1. The van der Waals surface area contributed by atoms with E-state index in [9.17, 15) is 18.0 Å². The fourth-order valence-electron chi connectivity index (χ4n) is 4.18. The summed E-state index contributed by atoms with van der Waals surface area (Å²) in [4.78, 5) is 28.3. The van der Waals surface area contributed by atoms with E-state index >= 15 is 0 Å². The Morgan fingerprint density at radius 3 is 2.53 bits per heavy atom. The molecule has 3 N–H and O–H groups in total. The van der Waals surface area contributed by atoms with E-state index in [0.717, 1.165) is 12.8 Å². The molecule has 2 amide bonds. The maximum atomic E-state index is 13.2. The summed E-state index contributed by atoms with van der Waals surface area (Å²) < 4.78 is 39.7.